The lowest BCUT2D eigenvalue weighted by molar-refractivity contribution is 0.0815. The van der Waals surface area contributed by atoms with Crippen molar-refractivity contribution in [1.82, 2.24) is 24.8 Å². The first kappa shape index (κ1) is 28.4. The fourth-order valence-electron chi connectivity index (χ4n) is 4.61. The summed E-state index contributed by atoms with van der Waals surface area (Å²) < 4.78 is 12.8. The van der Waals surface area contributed by atoms with Crippen molar-refractivity contribution in [3.05, 3.63) is 77.9 Å². The van der Waals surface area contributed by atoms with E-state index < -0.39 is 12.7 Å². The third kappa shape index (κ3) is 6.43. The number of benzene rings is 3. The number of aromatic amines is 1. The number of hydrogen-bond donors (Lipinski definition) is 7. The molecule has 1 unspecified atom stereocenters. The molecular formula is C29H32N8O5. The molecule has 0 radical (unpaired) electrons. The van der Waals surface area contributed by atoms with Crippen LogP contribution in [0.5, 0.6) is 11.5 Å². The highest BCUT2D eigenvalue weighted by atomic mass is 16.5. The fourth-order valence-corrected chi connectivity index (χ4v) is 4.61. The average Bonchev–Trinajstić information content (AvgIpc) is 3.54. The maximum absolute atomic E-state index is 13.0. The van der Waals surface area contributed by atoms with Crippen LogP contribution in [0.3, 0.4) is 0 Å². The Bertz CT molecular complexity index is 1730. The normalized spacial score (nSPS) is 11.9. The molecule has 2 aromatic heterocycles. The Balaban J connectivity index is 1.34. The van der Waals surface area contributed by atoms with Gasteiger partial charge in [0.25, 0.3) is 5.91 Å². The summed E-state index contributed by atoms with van der Waals surface area (Å²) >= 11 is 0. The molecule has 2 heterocycles. The predicted octanol–water partition coefficient (Wildman–Crippen LogP) is 1.98. The van der Waals surface area contributed by atoms with Gasteiger partial charge >= 0.3 is 0 Å². The molecule has 0 fully saturated rings. The van der Waals surface area contributed by atoms with Gasteiger partial charge in [-0.15, -0.1) is 0 Å². The quantitative estimate of drug-likeness (QED) is 0.0664. The number of imidazole rings is 2. The number of fused-ring (bicyclic) bond motifs is 2. The molecular weight excluding hydrogens is 540 g/mol. The standard InChI is InChI=1S/C29H32N8O5/c1-41-24-4-2-3-5-25(24)42-11-10-32-28(40)17-6-8-21-23(12-17)37(15-19(39)16-38)27(36-21)14-26-34-20-9-7-18(33-29(30)31)13-22(20)35-26/h2-9,12-13,19,38-39H,10-11,14-16H2,1H3,(H,32,40)(H,34,35)(H4,30,31,33). The molecule has 13 heteroatoms. The molecule has 0 saturated carbocycles. The summed E-state index contributed by atoms with van der Waals surface area (Å²) in [4.78, 5) is 25.6. The van der Waals surface area contributed by atoms with Crippen LogP contribution < -0.4 is 25.8 Å². The van der Waals surface area contributed by atoms with Gasteiger partial charge in [-0.1, -0.05) is 12.1 Å². The van der Waals surface area contributed by atoms with Gasteiger partial charge in [-0.25, -0.2) is 9.97 Å². The molecule has 13 nitrogen and oxygen atoms in total. The number of ether oxygens (including phenoxy) is 2. The van der Waals surface area contributed by atoms with Gasteiger partial charge in [-0.3, -0.25) is 10.2 Å². The van der Waals surface area contributed by atoms with Gasteiger partial charge in [0, 0.05) is 11.3 Å². The zero-order valence-electron chi connectivity index (χ0n) is 22.9. The molecule has 3 aromatic carbocycles. The van der Waals surface area contributed by atoms with E-state index in [1.807, 2.05) is 18.2 Å². The van der Waals surface area contributed by atoms with E-state index in [9.17, 15) is 15.0 Å². The molecule has 42 heavy (non-hydrogen) atoms. The lowest BCUT2D eigenvalue weighted by Crippen LogP contribution is -2.28. The number of rotatable bonds is 12. The van der Waals surface area contributed by atoms with Crippen LogP contribution in [0.25, 0.3) is 22.1 Å². The number of para-hydroxylation sites is 2. The van der Waals surface area contributed by atoms with E-state index in [1.165, 1.54) is 0 Å². The van der Waals surface area contributed by atoms with Gasteiger partial charge in [0.1, 0.15) is 18.3 Å². The molecule has 5 aromatic rings. The van der Waals surface area contributed by atoms with Gasteiger partial charge in [0.15, 0.2) is 17.5 Å². The van der Waals surface area contributed by atoms with E-state index in [-0.39, 0.29) is 31.6 Å². The predicted molar refractivity (Wildman–Crippen MR) is 158 cm³/mol. The highest BCUT2D eigenvalue weighted by Gasteiger charge is 2.18. The minimum Gasteiger partial charge on any atom is -0.493 e. The van der Waals surface area contributed by atoms with Crippen molar-refractivity contribution in [3.63, 3.8) is 0 Å². The molecule has 0 spiro atoms. The number of nitrogens with one attached hydrogen (secondary N) is 4. The fraction of sp³-hybridized carbons (Fsp3) is 0.241. The van der Waals surface area contributed by atoms with Crippen LogP contribution in [-0.2, 0) is 13.0 Å². The number of aliphatic hydroxyl groups is 2. The van der Waals surface area contributed by atoms with Crippen LogP contribution in [0.2, 0.25) is 0 Å². The molecule has 8 N–H and O–H groups in total. The van der Waals surface area contributed by atoms with E-state index in [4.69, 9.17) is 25.6 Å². The Morgan fingerprint density at radius 2 is 1.93 bits per heavy atom. The summed E-state index contributed by atoms with van der Waals surface area (Å²) in [6, 6.07) is 17.8. The molecule has 0 aliphatic heterocycles. The van der Waals surface area contributed by atoms with E-state index in [2.05, 4.69) is 20.6 Å². The number of hydrogen-bond acceptors (Lipinski definition) is 8. The maximum atomic E-state index is 13.0. The maximum Gasteiger partial charge on any atom is 0.251 e. The van der Waals surface area contributed by atoms with Crippen molar-refractivity contribution in [2.24, 2.45) is 5.73 Å². The van der Waals surface area contributed by atoms with E-state index in [0.717, 1.165) is 5.52 Å². The average molecular weight is 573 g/mol. The molecule has 0 aliphatic rings. The summed E-state index contributed by atoms with van der Waals surface area (Å²) in [6.45, 7) is 0.177. The number of aliphatic hydroxyl groups excluding tert-OH is 2. The first-order valence-corrected chi connectivity index (χ1v) is 13.3. The molecule has 0 bridgehead atoms. The third-order valence-corrected chi connectivity index (χ3v) is 6.54. The zero-order chi connectivity index (χ0) is 29.6. The van der Waals surface area contributed by atoms with Crippen LogP contribution in [0.15, 0.2) is 60.7 Å². The van der Waals surface area contributed by atoms with Crippen molar-refractivity contribution >= 4 is 39.6 Å². The number of guanidine groups is 1. The van der Waals surface area contributed by atoms with Crippen molar-refractivity contribution < 1.29 is 24.5 Å². The zero-order valence-corrected chi connectivity index (χ0v) is 22.9. The highest BCUT2D eigenvalue weighted by molar-refractivity contribution is 5.97. The number of anilines is 1. The second kappa shape index (κ2) is 12.6. The van der Waals surface area contributed by atoms with Crippen molar-refractivity contribution in [3.8, 4) is 11.5 Å². The minimum atomic E-state index is -1.03. The number of nitrogens with zero attached hydrogens (tertiary/aromatic N) is 3. The lowest BCUT2D eigenvalue weighted by Gasteiger charge is -2.13. The number of carbonyl (C=O) groups excluding carboxylic acids is 1. The van der Waals surface area contributed by atoms with E-state index in [0.29, 0.717) is 57.4 Å². The Morgan fingerprint density at radius 3 is 2.69 bits per heavy atom. The molecule has 218 valence electrons. The first-order chi connectivity index (χ1) is 20.3. The van der Waals surface area contributed by atoms with Crippen LogP contribution in [-0.4, -0.2) is 74.6 Å². The number of H-pyrrole nitrogens is 1. The van der Waals surface area contributed by atoms with Gasteiger partial charge in [-0.05, 0) is 48.5 Å². The summed E-state index contributed by atoms with van der Waals surface area (Å²) in [5.41, 5.74) is 9.24. The van der Waals surface area contributed by atoms with Crippen molar-refractivity contribution in [2.75, 3.05) is 32.2 Å². The second-order valence-corrected chi connectivity index (χ2v) is 9.56. The monoisotopic (exact) mass is 572 g/mol. The van der Waals surface area contributed by atoms with Gasteiger partial charge in [0.2, 0.25) is 0 Å². The first-order valence-electron chi connectivity index (χ1n) is 13.3. The van der Waals surface area contributed by atoms with Crippen LogP contribution in [0, 0.1) is 5.41 Å². The van der Waals surface area contributed by atoms with Gasteiger partial charge in [-0.2, -0.15) is 0 Å². The number of aromatic nitrogens is 4. The number of methoxy groups -OCH3 is 1. The van der Waals surface area contributed by atoms with Crippen molar-refractivity contribution in [2.45, 2.75) is 19.1 Å². The van der Waals surface area contributed by atoms with Crippen LogP contribution in [0.1, 0.15) is 22.0 Å². The third-order valence-electron chi connectivity index (χ3n) is 6.54. The van der Waals surface area contributed by atoms with Crippen LogP contribution in [0.4, 0.5) is 5.69 Å². The Hall–Kier alpha value is -5.14. The minimum absolute atomic E-state index is 0.0765. The van der Waals surface area contributed by atoms with E-state index >= 15 is 0 Å². The number of amides is 1. The molecule has 0 aliphatic carbocycles. The van der Waals surface area contributed by atoms with Crippen LogP contribution >= 0.6 is 0 Å². The smallest absolute Gasteiger partial charge is 0.251 e. The Labute approximate surface area is 240 Å². The summed E-state index contributed by atoms with van der Waals surface area (Å²) in [7, 11) is 1.57. The molecule has 5 rings (SSSR count). The number of nitrogens with two attached hydrogens (primary N) is 1. The SMILES string of the molecule is COc1ccccc1OCCNC(=O)c1ccc2nc(Cc3nc4cc(NC(=N)N)ccc4[nH]3)n(CC(O)CO)c2c1. The second-order valence-electron chi connectivity index (χ2n) is 9.56. The van der Waals surface area contributed by atoms with Gasteiger partial charge in [0.05, 0.1) is 61.4 Å². The summed E-state index contributed by atoms with van der Waals surface area (Å²) in [5, 5.41) is 32.9. The summed E-state index contributed by atoms with van der Waals surface area (Å²) in [5.74, 6) is 1.97. The Kier molecular flexibility index (Phi) is 8.50. The lowest BCUT2D eigenvalue weighted by atomic mass is 10.2. The molecule has 1 amide bonds. The highest BCUT2D eigenvalue weighted by Crippen LogP contribution is 2.26. The van der Waals surface area contributed by atoms with Gasteiger partial charge < -0.3 is 45.6 Å². The summed E-state index contributed by atoms with van der Waals surface area (Å²) in [6.07, 6.45) is -0.722. The Morgan fingerprint density at radius 1 is 1.12 bits per heavy atom. The molecule has 1 atom stereocenters. The largest absolute Gasteiger partial charge is 0.493 e. The van der Waals surface area contributed by atoms with E-state index in [1.54, 1.807) is 54.1 Å². The number of carbonyl (C=O) groups is 1. The molecule has 0 saturated heterocycles. The topological polar surface area (TPSA) is 196 Å². The van der Waals surface area contributed by atoms with Crippen molar-refractivity contribution in [1.29, 1.82) is 5.41 Å².